The molecule has 0 fully saturated rings. The van der Waals surface area contributed by atoms with Crippen molar-refractivity contribution in [2.75, 3.05) is 19.0 Å². The van der Waals surface area contributed by atoms with Gasteiger partial charge < -0.3 is 14.8 Å². The van der Waals surface area contributed by atoms with E-state index in [1.54, 1.807) is 18.6 Å². The van der Waals surface area contributed by atoms with Crippen molar-refractivity contribution >= 4 is 23.0 Å². The van der Waals surface area contributed by atoms with Gasteiger partial charge in [0, 0.05) is 11.1 Å². The van der Waals surface area contributed by atoms with Gasteiger partial charge in [-0.1, -0.05) is 48.5 Å². The fourth-order valence-corrected chi connectivity index (χ4v) is 5.17. The number of carbonyl (C=O) groups excluding carboxylic acids is 1. The summed E-state index contributed by atoms with van der Waals surface area (Å²) in [7, 11) is 1.60. The molecule has 5 aromatic rings. The Hall–Kier alpha value is -5.18. The van der Waals surface area contributed by atoms with E-state index in [1.165, 1.54) is 4.40 Å². The number of hydrogen-bond acceptors (Lipinski definition) is 7. The van der Waals surface area contributed by atoms with Crippen molar-refractivity contribution in [2.24, 2.45) is 0 Å². The largest absolute Gasteiger partial charge is 0.497 e. The lowest BCUT2D eigenvalue weighted by atomic mass is 9.87. The van der Waals surface area contributed by atoms with Crippen LogP contribution in [0.5, 0.6) is 5.75 Å². The van der Waals surface area contributed by atoms with Gasteiger partial charge in [-0.3, -0.25) is 0 Å². The number of nitrogens with zero attached hydrogens (tertiary/aromatic N) is 4. The third-order valence-corrected chi connectivity index (χ3v) is 6.96. The smallest absolute Gasteiger partial charge is 0.341 e. The van der Waals surface area contributed by atoms with Gasteiger partial charge in [-0.2, -0.15) is 0 Å². The molecule has 0 bridgehead atoms. The van der Waals surface area contributed by atoms with Crippen LogP contribution in [0.1, 0.15) is 25.0 Å². The predicted molar refractivity (Wildman–Crippen MR) is 153 cm³/mol. The van der Waals surface area contributed by atoms with Crippen molar-refractivity contribution in [2.45, 2.75) is 19.9 Å². The molecular formula is C31H27N5O4. The van der Waals surface area contributed by atoms with Gasteiger partial charge in [0.05, 0.1) is 36.6 Å². The standard InChI is InChI=1S/C31H27N5O4/c1-4-40-30(37)24-19(2)32-28-26(25(24)20-11-7-5-8-12-20)29-34-33-27(21-15-17-23(39-3)18-16-21)36(29)31(38)35(28)22-13-9-6-10-14-22/h5-19,32H,4H2,1-3H3. The third-order valence-electron chi connectivity index (χ3n) is 6.96. The molecular weight excluding hydrogens is 506 g/mol. The lowest BCUT2D eigenvalue weighted by molar-refractivity contribution is -0.138. The van der Waals surface area contributed by atoms with Gasteiger partial charge in [0.25, 0.3) is 0 Å². The lowest BCUT2D eigenvalue weighted by Gasteiger charge is -2.31. The average Bonchev–Trinajstić information content (AvgIpc) is 3.43. The molecule has 3 heterocycles. The zero-order valence-electron chi connectivity index (χ0n) is 22.3. The highest BCUT2D eigenvalue weighted by atomic mass is 16.5. The van der Waals surface area contributed by atoms with Gasteiger partial charge in [0.15, 0.2) is 11.5 Å². The molecule has 3 aromatic carbocycles. The maximum absolute atomic E-state index is 14.3. The van der Waals surface area contributed by atoms with Crippen molar-refractivity contribution in [1.29, 1.82) is 0 Å². The normalized spacial score (nSPS) is 14.5. The zero-order chi connectivity index (χ0) is 27.8. The first-order chi connectivity index (χ1) is 19.5. The van der Waals surface area contributed by atoms with Crippen LogP contribution in [0.3, 0.4) is 0 Å². The summed E-state index contributed by atoms with van der Waals surface area (Å²) < 4.78 is 13.9. The van der Waals surface area contributed by atoms with E-state index in [9.17, 15) is 9.59 Å². The molecule has 0 amide bonds. The molecule has 0 saturated heterocycles. The number of rotatable bonds is 6. The van der Waals surface area contributed by atoms with Gasteiger partial charge in [0.2, 0.25) is 0 Å². The van der Waals surface area contributed by atoms with Crippen molar-refractivity contribution in [3.8, 4) is 22.8 Å². The Labute approximate surface area is 230 Å². The van der Waals surface area contributed by atoms with Crippen LogP contribution in [0.15, 0.2) is 95.3 Å². The summed E-state index contributed by atoms with van der Waals surface area (Å²) in [5.41, 5.74) is 3.82. The van der Waals surface area contributed by atoms with E-state index in [4.69, 9.17) is 9.47 Å². The highest BCUT2D eigenvalue weighted by Crippen LogP contribution is 2.41. The Bertz CT molecular complexity index is 1810. The molecule has 0 spiro atoms. The summed E-state index contributed by atoms with van der Waals surface area (Å²) in [5, 5.41) is 12.4. The number of benzene rings is 3. The van der Waals surface area contributed by atoms with Crippen LogP contribution in [0.2, 0.25) is 0 Å². The zero-order valence-corrected chi connectivity index (χ0v) is 22.3. The topological polar surface area (TPSA) is 99.8 Å². The van der Waals surface area contributed by atoms with Crippen LogP contribution in [0.4, 0.5) is 5.82 Å². The Balaban J connectivity index is 1.77. The van der Waals surface area contributed by atoms with Gasteiger partial charge in [-0.25, -0.2) is 18.6 Å². The lowest BCUT2D eigenvalue weighted by Crippen LogP contribution is -2.37. The SMILES string of the molecule is CCOC(=O)C1=C(c2ccccc2)c2c(n(-c3ccccc3)c(=O)n3c(-c4ccc(OC)cc4)nnc23)NC1C. The van der Waals surface area contributed by atoms with Crippen LogP contribution in [-0.2, 0) is 9.53 Å². The molecule has 0 saturated carbocycles. The van der Waals surface area contributed by atoms with Crippen molar-refractivity contribution in [3.63, 3.8) is 0 Å². The van der Waals surface area contributed by atoms with E-state index in [0.717, 1.165) is 5.56 Å². The number of hydrogen-bond donors (Lipinski definition) is 1. The van der Waals surface area contributed by atoms with Crippen molar-refractivity contribution in [3.05, 3.63) is 112 Å². The first kappa shape index (κ1) is 25.1. The van der Waals surface area contributed by atoms with Crippen LogP contribution in [0.25, 0.3) is 28.3 Å². The number of para-hydroxylation sites is 1. The molecule has 9 nitrogen and oxygen atoms in total. The summed E-state index contributed by atoms with van der Waals surface area (Å²) in [6.07, 6.45) is 0. The van der Waals surface area contributed by atoms with Crippen molar-refractivity contribution in [1.82, 2.24) is 19.2 Å². The van der Waals surface area contributed by atoms with Crippen LogP contribution < -0.4 is 15.7 Å². The summed E-state index contributed by atoms with van der Waals surface area (Å²) in [4.78, 5) is 27.7. The molecule has 1 atom stereocenters. The van der Waals surface area contributed by atoms with Gasteiger partial charge >= 0.3 is 11.7 Å². The summed E-state index contributed by atoms with van der Waals surface area (Å²) in [5.74, 6) is 1.15. The molecule has 1 aliphatic rings. The van der Waals surface area contributed by atoms with Crippen LogP contribution in [-0.4, -0.2) is 44.9 Å². The predicted octanol–water partition coefficient (Wildman–Crippen LogP) is 4.73. The van der Waals surface area contributed by atoms with E-state index in [0.29, 0.717) is 51.0 Å². The number of ether oxygens (including phenoxy) is 2. The van der Waals surface area contributed by atoms with E-state index >= 15 is 0 Å². The Kier molecular flexibility index (Phi) is 6.39. The molecule has 1 N–H and O–H groups in total. The second-order valence-corrected chi connectivity index (χ2v) is 9.33. The minimum Gasteiger partial charge on any atom is -0.497 e. The maximum atomic E-state index is 14.3. The van der Waals surface area contributed by atoms with Crippen molar-refractivity contribution < 1.29 is 14.3 Å². The number of fused-ring (bicyclic) bond motifs is 3. The number of methoxy groups -OCH3 is 1. The summed E-state index contributed by atoms with van der Waals surface area (Å²) in [6.45, 7) is 3.89. The number of anilines is 1. The van der Waals surface area contributed by atoms with Crippen LogP contribution in [0, 0.1) is 0 Å². The second kappa shape index (κ2) is 10.2. The highest BCUT2D eigenvalue weighted by molar-refractivity contribution is 6.08. The Morgan fingerprint density at radius 2 is 1.60 bits per heavy atom. The minimum absolute atomic E-state index is 0.232. The first-order valence-corrected chi connectivity index (χ1v) is 13.0. The minimum atomic E-state index is -0.456. The monoisotopic (exact) mass is 533 g/mol. The molecule has 1 aliphatic heterocycles. The number of nitrogens with one attached hydrogen (secondary N) is 1. The molecule has 1 unspecified atom stereocenters. The molecule has 40 heavy (non-hydrogen) atoms. The van der Waals surface area contributed by atoms with E-state index in [2.05, 4.69) is 15.5 Å². The first-order valence-electron chi connectivity index (χ1n) is 13.0. The maximum Gasteiger partial charge on any atom is 0.341 e. The Morgan fingerprint density at radius 1 is 0.925 bits per heavy atom. The van der Waals surface area contributed by atoms with E-state index < -0.39 is 12.0 Å². The molecule has 0 radical (unpaired) electrons. The fourth-order valence-electron chi connectivity index (χ4n) is 5.17. The highest BCUT2D eigenvalue weighted by Gasteiger charge is 2.36. The summed E-state index contributed by atoms with van der Waals surface area (Å²) >= 11 is 0. The third kappa shape index (κ3) is 4.03. The second-order valence-electron chi connectivity index (χ2n) is 9.33. The summed E-state index contributed by atoms with van der Waals surface area (Å²) in [6, 6.07) is 25.8. The van der Waals surface area contributed by atoms with E-state index in [1.807, 2.05) is 91.9 Å². The molecule has 9 heteroatoms. The fraction of sp³-hybridized carbons (Fsp3) is 0.161. The van der Waals surface area contributed by atoms with Gasteiger partial charge in [-0.05, 0) is 55.8 Å². The Morgan fingerprint density at radius 3 is 2.25 bits per heavy atom. The average molecular weight is 534 g/mol. The number of aromatic nitrogens is 4. The molecule has 2 aromatic heterocycles. The molecule has 0 aliphatic carbocycles. The van der Waals surface area contributed by atoms with Gasteiger partial charge in [-0.15, -0.1) is 10.2 Å². The van der Waals surface area contributed by atoms with Gasteiger partial charge in [0.1, 0.15) is 11.6 Å². The number of esters is 1. The quantitative estimate of drug-likeness (QED) is 0.315. The van der Waals surface area contributed by atoms with Crippen LogP contribution >= 0.6 is 0 Å². The molecule has 200 valence electrons. The van der Waals surface area contributed by atoms with E-state index in [-0.39, 0.29) is 12.3 Å². The number of carbonyl (C=O) groups is 1. The molecule has 6 rings (SSSR count).